The average Bonchev–Trinajstić information content (AvgIpc) is 2.46. The van der Waals surface area contributed by atoms with Gasteiger partial charge in [0.05, 0.1) is 9.37 Å². The largest absolute Gasteiger partial charge is 0.490 e. The molecule has 0 atom stereocenters. The second kappa shape index (κ2) is 7.06. The SMILES string of the molecule is Cc1ccc(S(=O)(=O)OCCOc2ccccc2Br)cc1. The van der Waals surface area contributed by atoms with Crippen molar-refractivity contribution in [2.45, 2.75) is 11.8 Å². The predicted octanol–water partition coefficient (Wildman–Crippen LogP) is 3.54. The first-order chi connectivity index (χ1) is 9.99. The minimum atomic E-state index is -3.73. The molecule has 0 unspecified atom stereocenters. The van der Waals surface area contributed by atoms with Gasteiger partial charge < -0.3 is 4.74 Å². The lowest BCUT2D eigenvalue weighted by atomic mass is 10.2. The van der Waals surface area contributed by atoms with E-state index in [0.29, 0.717) is 5.75 Å². The van der Waals surface area contributed by atoms with Gasteiger partial charge in [0.15, 0.2) is 0 Å². The average molecular weight is 371 g/mol. The van der Waals surface area contributed by atoms with Crippen molar-refractivity contribution >= 4 is 26.0 Å². The van der Waals surface area contributed by atoms with E-state index >= 15 is 0 Å². The molecule has 2 aromatic carbocycles. The highest BCUT2D eigenvalue weighted by Gasteiger charge is 2.14. The summed E-state index contributed by atoms with van der Waals surface area (Å²) in [5.74, 6) is 0.647. The minimum absolute atomic E-state index is 0.0441. The Hall–Kier alpha value is -1.37. The van der Waals surface area contributed by atoms with E-state index < -0.39 is 10.1 Å². The molecule has 2 aromatic rings. The quantitative estimate of drug-likeness (QED) is 0.576. The fourth-order valence-corrected chi connectivity index (χ4v) is 2.92. The number of rotatable bonds is 6. The summed E-state index contributed by atoms with van der Waals surface area (Å²) in [5, 5.41) is 0. The Morgan fingerprint density at radius 1 is 1.00 bits per heavy atom. The first kappa shape index (κ1) is 16.0. The van der Waals surface area contributed by atoms with Crippen molar-refractivity contribution < 1.29 is 17.3 Å². The third kappa shape index (κ3) is 4.56. The van der Waals surface area contributed by atoms with Crippen LogP contribution in [-0.2, 0) is 14.3 Å². The maximum Gasteiger partial charge on any atom is 0.297 e. The molecule has 0 aliphatic rings. The van der Waals surface area contributed by atoms with Crippen molar-refractivity contribution in [2.75, 3.05) is 13.2 Å². The van der Waals surface area contributed by atoms with E-state index in [1.165, 1.54) is 12.1 Å². The summed E-state index contributed by atoms with van der Waals surface area (Å²) in [6.07, 6.45) is 0. The van der Waals surface area contributed by atoms with E-state index in [2.05, 4.69) is 15.9 Å². The van der Waals surface area contributed by atoms with Crippen LogP contribution in [0.15, 0.2) is 57.9 Å². The maximum atomic E-state index is 11.9. The van der Waals surface area contributed by atoms with E-state index in [4.69, 9.17) is 8.92 Å². The third-order valence-electron chi connectivity index (χ3n) is 2.73. The molecular weight excluding hydrogens is 356 g/mol. The number of aryl methyl sites for hydroxylation is 1. The van der Waals surface area contributed by atoms with E-state index in [0.717, 1.165) is 10.0 Å². The molecule has 21 heavy (non-hydrogen) atoms. The molecule has 0 aromatic heterocycles. The highest BCUT2D eigenvalue weighted by atomic mass is 79.9. The molecular formula is C15H15BrO4S. The first-order valence-corrected chi connectivity index (χ1v) is 8.52. The van der Waals surface area contributed by atoms with Gasteiger partial charge in [0.25, 0.3) is 10.1 Å². The summed E-state index contributed by atoms with van der Waals surface area (Å²) >= 11 is 3.35. The zero-order chi connectivity index (χ0) is 15.3. The lowest BCUT2D eigenvalue weighted by Gasteiger charge is -2.09. The Labute approximate surface area is 133 Å². The van der Waals surface area contributed by atoms with Gasteiger partial charge >= 0.3 is 0 Å². The monoisotopic (exact) mass is 370 g/mol. The zero-order valence-corrected chi connectivity index (χ0v) is 13.9. The Morgan fingerprint density at radius 3 is 2.33 bits per heavy atom. The molecule has 112 valence electrons. The Morgan fingerprint density at radius 2 is 1.67 bits per heavy atom. The number of para-hydroxylation sites is 1. The molecule has 0 radical (unpaired) electrons. The number of benzene rings is 2. The summed E-state index contributed by atoms with van der Waals surface area (Å²) in [6, 6.07) is 13.9. The minimum Gasteiger partial charge on any atom is -0.490 e. The van der Waals surface area contributed by atoms with Crippen LogP contribution in [0.5, 0.6) is 5.75 Å². The van der Waals surface area contributed by atoms with Crippen molar-refractivity contribution in [3.05, 3.63) is 58.6 Å². The van der Waals surface area contributed by atoms with E-state index in [1.54, 1.807) is 18.2 Å². The van der Waals surface area contributed by atoms with Crippen LogP contribution in [0.25, 0.3) is 0 Å². The molecule has 2 rings (SSSR count). The van der Waals surface area contributed by atoms with Crippen molar-refractivity contribution in [3.63, 3.8) is 0 Å². The van der Waals surface area contributed by atoms with E-state index in [1.807, 2.05) is 25.1 Å². The molecule has 0 heterocycles. The third-order valence-corrected chi connectivity index (χ3v) is 4.71. The topological polar surface area (TPSA) is 52.6 Å². The van der Waals surface area contributed by atoms with Gasteiger partial charge in [0.1, 0.15) is 19.0 Å². The number of hydrogen-bond donors (Lipinski definition) is 0. The molecule has 0 amide bonds. The second-order valence-electron chi connectivity index (χ2n) is 4.37. The molecule has 0 spiro atoms. The number of hydrogen-bond acceptors (Lipinski definition) is 4. The van der Waals surface area contributed by atoms with Crippen molar-refractivity contribution in [3.8, 4) is 5.75 Å². The summed E-state index contributed by atoms with van der Waals surface area (Å²) in [6.45, 7) is 1.99. The highest BCUT2D eigenvalue weighted by molar-refractivity contribution is 9.10. The second-order valence-corrected chi connectivity index (χ2v) is 6.84. The lowest BCUT2D eigenvalue weighted by molar-refractivity contribution is 0.220. The van der Waals surface area contributed by atoms with Gasteiger partial charge in [0.2, 0.25) is 0 Å². The van der Waals surface area contributed by atoms with Gasteiger partial charge in [-0.15, -0.1) is 0 Å². The summed E-state index contributed by atoms with van der Waals surface area (Å²) in [4.78, 5) is 0.147. The van der Waals surface area contributed by atoms with E-state index in [9.17, 15) is 8.42 Å². The van der Waals surface area contributed by atoms with Crippen LogP contribution in [0.4, 0.5) is 0 Å². The van der Waals surface area contributed by atoms with Gasteiger partial charge in [-0.2, -0.15) is 8.42 Å². The van der Waals surface area contributed by atoms with Crippen LogP contribution in [0.2, 0.25) is 0 Å². The molecule has 0 aliphatic carbocycles. The zero-order valence-electron chi connectivity index (χ0n) is 11.5. The maximum absolute atomic E-state index is 11.9. The van der Waals surface area contributed by atoms with Gasteiger partial charge in [-0.3, -0.25) is 4.18 Å². The Balaban J connectivity index is 1.88. The molecule has 4 nitrogen and oxygen atoms in total. The fourth-order valence-electron chi connectivity index (χ4n) is 1.63. The van der Waals surface area contributed by atoms with Crippen LogP contribution in [-0.4, -0.2) is 21.6 Å². The normalized spacial score (nSPS) is 11.3. The molecule has 0 aliphatic heterocycles. The van der Waals surface area contributed by atoms with Crippen molar-refractivity contribution in [2.24, 2.45) is 0 Å². The highest BCUT2D eigenvalue weighted by Crippen LogP contribution is 2.23. The van der Waals surface area contributed by atoms with Crippen molar-refractivity contribution in [1.29, 1.82) is 0 Å². The number of ether oxygens (including phenoxy) is 1. The molecule has 6 heteroatoms. The Bertz CT molecular complexity index is 696. The fraction of sp³-hybridized carbons (Fsp3) is 0.200. The summed E-state index contributed by atoms with van der Waals surface area (Å²) in [5.41, 5.74) is 0.992. The molecule has 0 bridgehead atoms. The summed E-state index contributed by atoms with van der Waals surface area (Å²) in [7, 11) is -3.73. The Kier molecular flexibility index (Phi) is 5.39. The first-order valence-electron chi connectivity index (χ1n) is 6.32. The van der Waals surface area contributed by atoms with Gasteiger partial charge in [0, 0.05) is 0 Å². The molecule has 0 fully saturated rings. The van der Waals surface area contributed by atoms with Gasteiger partial charge in [-0.25, -0.2) is 0 Å². The number of halogens is 1. The molecule has 0 saturated heterocycles. The van der Waals surface area contributed by atoms with Crippen molar-refractivity contribution in [1.82, 2.24) is 0 Å². The molecule has 0 N–H and O–H groups in total. The van der Waals surface area contributed by atoms with Gasteiger partial charge in [-0.1, -0.05) is 29.8 Å². The van der Waals surface area contributed by atoms with Crippen LogP contribution in [0, 0.1) is 6.92 Å². The summed E-state index contributed by atoms with van der Waals surface area (Å²) < 4.78 is 35.1. The molecule has 0 saturated carbocycles. The smallest absolute Gasteiger partial charge is 0.297 e. The van der Waals surface area contributed by atoms with E-state index in [-0.39, 0.29) is 18.1 Å². The standard InChI is InChI=1S/C15H15BrO4S/c1-12-6-8-13(9-7-12)21(17,18)20-11-10-19-15-5-3-2-4-14(15)16/h2-9H,10-11H2,1H3. The van der Waals surface area contributed by atoms with Crippen LogP contribution in [0.3, 0.4) is 0 Å². The lowest BCUT2D eigenvalue weighted by Crippen LogP contribution is -2.13. The van der Waals surface area contributed by atoms with Crippen LogP contribution in [0.1, 0.15) is 5.56 Å². The van der Waals surface area contributed by atoms with Gasteiger partial charge in [-0.05, 0) is 47.1 Å². The van der Waals surface area contributed by atoms with Crippen LogP contribution < -0.4 is 4.74 Å². The predicted molar refractivity (Wildman–Crippen MR) is 84.0 cm³/mol. The van der Waals surface area contributed by atoms with Crippen LogP contribution >= 0.6 is 15.9 Å².